The van der Waals surface area contributed by atoms with Gasteiger partial charge in [0.2, 0.25) is 0 Å². The number of rotatable bonds is 5. The van der Waals surface area contributed by atoms with Crippen LogP contribution in [0.2, 0.25) is 0 Å². The molecule has 0 aliphatic heterocycles. The molecule has 0 spiro atoms. The average molecular weight is 305 g/mol. The monoisotopic (exact) mass is 305 g/mol. The molecule has 0 radical (unpaired) electrons. The predicted molar refractivity (Wildman–Crippen MR) is 75.3 cm³/mol. The summed E-state index contributed by atoms with van der Waals surface area (Å²) in [5, 5.41) is 4.99. The molecule has 114 valence electrons. The third-order valence-electron chi connectivity index (χ3n) is 2.77. The summed E-state index contributed by atoms with van der Waals surface area (Å²) in [5.74, 6) is -2.74. The highest BCUT2D eigenvalue weighted by Crippen LogP contribution is 2.08. The van der Waals surface area contributed by atoms with E-state index >= 15 is 0 Å². The van der Waals surface area contributed by atoms with Gasteiger partial charge in [-0.15, -0.1) is 0 Å². The summed E-state index contributed by atoms with van der Waals surface area (Å²) in [6.45, 7) is 0.262. The van der Waals surface area contributed by atoms with Gasteiger partial charge in [0.1, 0.15) is 17.3 Å². The summed E-state index contributed by atoms with van der Waals surface area (Å²) < 4.78 is 26.1. The van der Waals surface area contributed by atoms with Crippen LogP contribution in [0.4, 0.5) is 8.78 Å². The van der Waals surface area contributed by atoms with Crippen LogP contribution in [0.5, 0.6) is 0 Å². The Balaban J connectivity index is 1.79. The first kappa shape index (κ1) is 15.6. The van der Waals surface area contributed by atoms with Crippen LogP contribution in [-0.4, -0.2) is 29.9 Å². The number of benzene rings is 1. The van der Waals surface area contributed by atoms with Crippen LogP contribution in [0, 0.1) is 11.6 Å². The van der Waals surface area contributed by atoms with Gasteiger partial charge >= 0.3 is 0 Å². The minimum atomic E-state index is -0.935. The van der Waals surface area contributed by atoms with Crippen molar-refractivity contribution in [3.05, 3.63) is 65.5 Å². The Labute approximate surface area is 125 Å². The molecular weight excluding hydrogens is 292 g/mol. The Hall–Kier alpha value is -2.83. The fourth-order valence-corrected chi connectivity index (χ4v) is 1.71. The largest absolute Gasteiger partial charge is 0.350 e. The zero-order chi connectivity index (χ0) is 15.9. The van der Waals surface area contributed by atoms with E-state index in [-0.39, 0.29) is 30.3 Å². The molecule has 7 heteroatoms. The Morgan fingerprint density at radius 1 is 1.00 bits per heavy atom. The van der Waals surface area contributed by atoms with Gasteiger partial charge in [0.05, 0.1) is 5.56 Å². The second-order valence-electron chi connectivity index (χ2n) is 4.35. The Kier molecular flexibility index (Phi) is 5.13. The van der Waals surface area contributed by atoms with Crippen LogP contribution in [0.1, 0.15) is 20.8 Å². The molecule has 1 heterocycles. The third-order valence-corrected chi connectivity index (χ3v) is 2.77. The number of nitrogens with zero attached hydrogens (tertiary/aromatic N) is 1. The number of nitrogens with one attached hydrogen (secondary N) is 2. The fraction of sp³-hybridized carbons (Fsp3) is 0.133. The number of carbonyl (C=O) groups excluding carboxylic acids is 2. The van der Waals surface area contributed by atoms with Crippen molar-refractivity contribution in [3.8, 4) is 0 Å². The van der Waals surface area contributed by atoms with Crippen molar-refractivity contribution in [2.75, 3.05) is 13.1 Å². The van der Waals surface area contributed by atoms with Crippen molar-refractivity contribution in [1.29, 1.82) is 0 Å². The predicted octanol–water partition coefficient (Wildman–Crippen LogP) is 1.52. The molecule has 2 amide bonds. The quantitative estimate of drug-likeness (QED) is 0.823. The number of pyridine rings is 1. The molecule has 2 N–H and O–H groups in total. The average Bonchev–Trinajstić information content (AvgIpc) is 2.52. The van der Waals surface area contributed by atoms with E-state index in [4.69, 9.17) is 0 Å². The Bertz CT molecular complexity index is 678. The standard InChI is InChI=1S/C15H13F2N3O2/c16-10-4-5-11(12(17)9-10)14(21)19-7-8-20-15(22)13-3-1-2-6-18-13/h1-6,9H,7-8H2,(H,19,21)(H,20,22). The molecule has 22 heavy (non-hydrogen) atoms. The second kappa shape index (κ2) is 7.26. The topological polar surface area (TPSA) is 71.1 Å². The summed E-state index contributed by atoms with van der Waals surface area (Å²) in [6, 6.07) is 7.63. The summed E-state index contributed by atoms with van der Waals surface area (Å²) in [5.41, 5.74) is 0.0101. The van der Waals surface area contributed by atoms with E-state index in [0.29, 0.717) is 6.07 Å². The van der Waals surface area contributed by atoms with Crippen molar-refractivity contribution < 1.29 is 18.4 Å². The van der Waals surface area contributed by atoms with Crippen LogP contribution in [-0.2, 0) is 0 Å². The smallest absolute Gasteiger partial charge is 0.269 e. The summed E-state index contributed by atoms with van der Waals surface area (Å²) >= 11 is 0. The summed E-state index contributed by atoms with van der Waals surface area (Å²) in [6.07, 6.45) is 1.49. The van der Waals surface area contributed by atoms with Crippen LogP contribution >= 0.6 is 0 Å². The number of halogens is 2. The van der Waals surface area contributed by atoms with Crippen LogP contribution in [0.15, 0.2) is 42.6 Å². The van der Waals surface area contributed by atoms with E-state index in [0.717, 1.165) is 12.1 Å². The lowest BCUT2D eigenvalue weighted by atomic mass is 10.2. The van der Waals surface area contributed by atoms with Crippen molar-refractivity contribution in [2.24, 2.45) is 0 Å². The first-order valence-corrected chi connectivity index (χ1v) is 6.50. The van der Waals surface area contributed by atoms with Crippen molar-refractivity contribution in [3.63, 3.8) is 0 Å². The van der Waals surface area contributed by atoms with Crippen LogP contribution in [0.3, 0.4) is 0 Å². The lowest BCUT2D eigenvalue weighted by molar-refractivity contribution is 0.0923. The number of hydrogen-bond acceptors (Lipinski definition) is 3. The zero-order valence-electron chi connectivity index (χ0n) is 11.5. The molecule has 0 saturated heterocycles. The number of amides is 2. The molecule has 1 aromatic carbocycles. The van der Waals surface area contributed by atoms with E-state index in [1.54, 1.807) is 18.2 Å². The maximum atomic E-state index is 13.4. The van der Waals surface area contributed by atoms with E-state index in [1.165, 1.54) is 6.20 Å². The van der Waals surface area contributed by atoms with Gasteiger partial charge in [0.15, 0.2) is 0 Å². The van der Waals surface area contributed by atoms with E-state index < -0.39 is 17.5 Å². The molecule has 5 nitrogen and oxygen atoms in total. The molecule has 2 aromatic rings. The van der Waals surface area contributed by atoms with Gasteiger partial charge in [-0.1, -0.05) is 6.07 Å². The third kappa shape index (κ3) is 4.08. The van der Waals surface area contributed by atoms with Gasteiger partial charge < -0.3 is 10.6 Å². The second-order valence-corrected chi connectivity index (χ2v) is 4.35. The van der Waals surface area contributed by atoms with E-state index in [2.05, 4.69) is 15.6 Å². The lowest BCUT2D eigenvalue weighted by Gasteiger charge is -2.07. The summed E-state index contributed by atoms with van der Waals surface area (Å²) in [7, 11) is 0. The molecule has 0 unspecified atom stereocenters. The number of carbonyl (C=O) groups is 2. The Morgan fingerprint density at radius 3 is 2.36 bits per heavy atom. The first-order chi connectivity index (χ1) is 10.6. The highest BCUT2D eigenvalue weighted by Gasteiger charge is 2.12. The highest BCUT2D eigenvalue weighted by atomic mass is 19.1. The number of hydrogen-bond donors (Lipinski definition) is 2. The number of aromatic nitrogens is 1. The molecule has 0 saturated carbocycles. The van der Waals surface area contributed by atoms with Gasteiger partial charge in [0, 0.05) is 25.4 Å². The minimum Gasteiger partial charge on any atom is -0.350 e. The van der Waals surface area contributed by atoms with Crippen molar-refractivity contribution in [2.45, 2.75) is 0 Å². The molecule has 1 aromatic heterocycles. The lowest BCUT2D eigenvalue weighted by Crippen LogP contribution is -2.35. The SMILES string of the molecule is O=C(NCCNC(=O)c1ccc(F)cc1F)c1ccccn1. The molecule has 2 rings (SSSR count). The maximum Gasteiger partial charge on any atom is 0.269 e. The van der Waals surface area contributed by atoms with Gasteiger partial charge in [-0.25, -0.2) is 8.78 Å². The highest BCUT2D eigenvalue weighted by molar-refractivity contribution is 5.94. The molecule has 0 bridgehead atoms. The minimum absolute atomic E-state index is 0.105. The Morgan fingerprint density at radius 2 is 1.73 bits per heavy atom. The molecular formula is C15H13F2N3O2. The van der Waals surface area contributed by atoms with Crippen LogP contribution < -0.4 is 10.6 Å². The first-order valence-electron chi connectivity index (χ1n) is 6.50. The molecule has 0 fully saturated rings. The van der Waals surface area contributed by atoms with Crippen molar-refractivity contribution >= 4 is 11.8 Å². The maximum absolute atomic E-state index is 13.4. The zero-order valence-corrected chi connectivity index (χ0v) is 11.5. The summed E-state index contributed by atoms with van der Waals surface area (Å²) in [4.78, 5) is 27.2. The van der Waals surface area contributed by atoms with E-state index in [9.17, 15) is 18.4 Å². The van der Waals surface area contributed by atoms with E-state index in [1.807, 2.05) is 0 Å². The molecule has 0 aliphatic carbocycles. The van der Waals surface area contributed by atoms with Gasteiger partial charge in [-0.3, -0.25) is 14.6 Å². The molecule has 0 aliphatic rings. The normalized spacial score (nSPS) is 10.1. The molecule has 0 atom stereocenters. The van der Waals surface area contributed by atoms with Gasteiger partial charge in [0.25, 0.3) is 11.8 Å². The van der Waals surface area contributed by atoms with Crippen molar-refractivity contribution in [1.82, 2.24) is 15.6 Å². The fourth-order valence-electron chi connectivity index (χ4n) is 1.71. The van der Waals surface area contributed by atoms with Crippen LogP contribution in [0.25, 0.3) is 0 Å². The van der Waals surface area contributed by atoms with Gasteiger partial charge in [-0.05, 0) is 24.3 Å². The van der Waals surface area contributed by atoms with Gasteiger partial charge in [-0.2, -0.15) is 0 Å².